The Kier molecular flexibility index (Phi) is 7.04. The standard InChI is InChI=1S/C18H31N5O6/c1-9(24)13(19)18(29)23-6-3-4-12(23)17(28)22-7-5-11(8-22)16(27)21-14(10(2)25)15(20)26/h9-14,24-25H,3-8,19H2,1-2H3,(H2,20,26)(H,21,27)/t9-,10-,11-,12+,13+,14+/m1/s1/i/hD. The molecule has 0 aromatic heterocycles. The fourth-order valence-electron chi connectivity index (χ4n) is 3.76. The van der Waals surface area contributed by atoms with Crippen LogP contribution < -0.4 is 16.8 Å². The summed E-state index contributed by atoms with van der Waals surface area (Å²) in [5.74, 6) is -2.67. The molecule has 164 valence electrons. The van der Waals surface area contributed by atoms with E-state index in [1.807, 2.05) is 5.73 Å². The van der Waals surface area contributed by atoms with E-state index in [9.17, 15) is 29.4 Å². The summed E-state index contributed by atoms with van der Waals surface area (Å²) >= 11 is 0. The quantitative estimate of drug-likeness (QED) is 0.279. The molecule has 4 amide bonds. The summed E-state index contributed by atoms with van der Waals surface area (Å²) in [6, 6.07) is -3.04. The number of hydrogen-bond acceptors (Lipinski definition) is 7. The van der Waals surface area contributed by atoms with E-state index in [0.29, 0.717) is 32.4 Å². The van der Waals surface area contributed by atoms with Gasteiger partial charge in [-0.25, -0.2) is 0 Å². The van der Waals surface area contributed by atoms with Gasteiger partial charge in [0.05, 0.1) is 18.1 Å². The van der Waals surface area contributed by atoms with Gasteiger partial charge in [-0.3, -0.25) is 19.2 Å². The third-order valence-electron chi connectivity index (χ3n) is 5.53. The van der Waals surface area contributed by atoms with Crippen LogP contribution in [0.5, 0.6) is 0 Å². The van der Waals surface area contributed by atoms with Crippen molar-refractivity contribution in [2.45, 2.75) is 63.4 Å². The zero-order valence-corrected chi connectivity index (χ0v) is 16.7. The van der Waals surface area contributed by atoms with Crippen molar-refractivity contribution in [3.8, 4) is 0 Å². The van der Waals surface area contributed by atoms with Crippen LogP contribution in [0.25, 0.3) is 0 Å². The summed E-state index contributed by atoms with van der Waals surface area (Å²) < 4.78 is 7.27. The molecule has 2 aliphatic rings. The predicted molar refractivity (Wildman–Crippen MR) is 102 cm³/mol. The molecule has 0 radical (unpaired) electrons. The van der Waals surface area contributed by atoms with Crippen LogP contribution >= 0.6 is 0 Å². The summed E-state index contributed by atoms with van der Waals surface area (Å²) in [6.07, 6.45) is -0.754. The van der Waals surface area contributed by atoms with Crippen molar-refractivity contribution >= 4 is 23.6 Å². The highest BCUT2D eigenvalue weighted by atomic mass is 16.3. The maximum absolute atomic E-state index is 13.0. The Labute approximate surface area is 170 Å². The Bertz CT molecular complexity index is 675. The van der Waals surface area contributed by atoms with Gasteiger partial charge in [0, 0.05) is 19.6 Å². The molecule has 0 spiro atoms. The van der Waals surface area contributed by atoms with E-state index in [2.05, 4.69) is 5.32 Å². The smallest absolute Gasteiger partial charge is 0.245 e. The van der Waals surface area contributed by atoms with Gasteiger partial charge in [0.2, 0.25) is 23.6 Å². The molecule has 0 aromatic rings. The molecule has 11 nitrogen and oxygen atoms in total. The molecule has 6 atom stereocenters. The fourth-order valence-corrected chi connectivity index (χ4v) is 3.76. The molecule has 29 heavy (non-hydrogen) atoms. The van der Waals surface area contributed by atoms with Crippen molar-refractivity contribution in [2.24, 2.45) is 17.4 Å². The summed E-state index contributed by atoms with van der Waals surface area (Å²) in [5.41, 5.74) is 7.23. The van der Waals surface area contributed by atoms with Crippen molar-refractivity contribution in [3.05, 3.63) is 0 Å². The zero-order chi connectivity index (χ0) is 22.6. The van der Waals surface area contributed by atoms with E-state index >= 15 is 0 Å². The number of nitrogens with zero attached hydrogens (tertiary/aromatic N) is 2. The van der Waals surface area contributed by atoms with E-state index in [1.54, 1.807) is 0 Å². The molecule has 0 aromatic carbocycles. The average Bonchev–Trinajstić information content (AvgIpc) is 3.34. The molecular weight excluding hydrogens is 382 g/mol. The lowest BCUT2D eigenvalue weighted by molar-refractivity contribution is -0.145. The minimum absolute atomic E-state index is 0.130. The molecule has 2 saturated heterocycles. The first-order valence-corrected chi connectivity index (χ1v) is 9.80. The largest absolute Gasteiger partial charge is 0.391 e. The van der Waals surface area contributed by atoms with Crippen LogP contribution in [-0.2, 0) is 19.2 Å². The van der Waals surface area contributed by atoms with Gasteiger partial charge in [-0.05, 0) is 33.1 Å². The summed E-state index contributed by atoms with van der Waals surface area (Å²) in [5, 5.41) is 21.7. The van der Waals surface area contributed by atoms with Gasteiger partial charge in [0.1, 0.15) is 19.5 Å². The van der Waals surface area contributed by atoms with Crippen molar-refractivity contribution < 1.29 is 30.8 Å². The number of aliphatic hydroxyl groups excluding tert-OH is 2. The minimum atomic E-state index is -1.21. The Morgan fingerprint density at radius 3 is 2.38 bits per heavy atom. The molecular formula is C18H31N5O6. The van der Waals surface area contributed by atoms with Gasteiger partial charge in [-0.1, -0.05) is 0 Å². The normalized spacial score (nSPS) is 26.4. The second kappa shape index (κ2) is 9.51. The second-order valence-corrected chi connectivity index (χ2v) is 7.81. The number of hydrogen-bond donors (Lipinski definition) is 5. The predicted octanol–water partition coefficient (Wildman–Crippen LogP) is -3.12. The van der Waals surface area contributed by atoms with E-state index in [1.165, 1.54) is 23.6 Å². The summed E-state index contributed by atoms with van der Waals surface area (Å²) in [4.78, 5) is 52.4. The molecule has 2 fully saturated rings. The van der Waals surface area contributed by atoms with Gasteiger partial charge in [-0.15, -0.1) is 0 Å². The van der Waals surface area contributed by atoms with Crippen molar-refractivity contribution in [1.29, 1.82) is 0 Å². The topological polar surface area (TPSA) is 179 Å². The fraction of sp³-hybridized carbons (Fsp3) is 0.778. The Morgan fingerprint density at radius 2 is 1.83 bits per heavy atom. The van der Waals surface area contributed by atoms with Crippen molar-refractivity contribution in [1.82, 2.24) is 15.1 Å². The first kappa shape index (κ1) is 21.5. The highest BCUT2D eigenvalue weighted by molar-refractivity contribution is 5.92. The number of nitrogens with one attached hydrogen (secondary N) is 1. The van der Waals surface area contributed by atoms with E-state index in [4.69, 9.17) is 7.15 Å². The Balaban J connectivity index is 2.00. The van der Waals surface area contributed by atoms with Gasteiger partial charge in [-0.2, -0.15) is 0 Å². The molecule has 2 aliphatic heterocycles. The lowest BCUT2D eigenvalue weighted by Gasteiger charge is -2.30. The monoisotopic (exact) mass is 414 g/mol. The van der Waals surface area contributed by atoms with Crippen molar-refractivity contribution in [3.63, 3.8) is 0 Å². The number of rotatable bonds is 8. The highest BCUT2D eigenvalue weighted by Gasteiger charge is 2.42. The van der Waals surface area contributed by atoms with Gasteiger partial charge in [0.15, 0.2) is 0 Å². The average molecular weight is 414 g/mol. The number of likely N-dealkylation sites (tertiary alicyclic amines) is 2. The third-order valence-corrected chi connectivity index (χ3v) is 5.53. The van der Waals surface area contributed by atoms with E-state index < -0.39 is 54.0 Å². The van der Waals surface area contributed by atoms with Gasteiger partial charge < -0.3 is 36.8 Å². The van der Waals surface area contributed by atoms with Crippen LogP contribution in [0.2, 0.25) is 1.41 Å². The third kappa shape index (κ3) is 5.22. The summed E-state index contributed by atoms with van der Waals surface area (Å²) in [7, 11) is 0. The summed E-state index contributed by atoms with van der Waals surface area (Å²) in [6.45, 7) is 3.55. The molecule has 0 aliphatic carbocycles. The lowest BCUT2D eigenvalue weighted by atomic mass is 10.1. The van der Waals surface area contributed by atoms with Gasteiger partial charge in [0.25, 0.3) is 0 Å². The molecule has 0 saturated carbocycles. The number of amides is 4. The van der Waals surface area contributed by atoms with Crippen LogP contribution in [0, 0.1) is 5.92 Å². The Morgan fingerprint density at radius 1 is 1.14 bits per heavy atom. The van der Waals surface area contributed by atoms with E-state index in [0.717, 1.165) is 0 Å². The maximum atomic E-state index is 13.0. The van der Waals surface area contributed by atoms with Crippen LogP contribution in [-0.4, -0.2) is 93.6 Å². The second-order valence-electron chi connectivity index (χ2n) is 7.81. The SMILES string of the molecule is [2H]N[C@H](C(=O)N1CCC[C@H]1C(=O)N1CC[C@@H](C(=O)N[C@H](C(N)=O)[C@@H](C)O)C1)[C@@H](C)O. The first-order chi connectivity index (χ1) is 14.1. The Hall–Kier alpha value is -2.24. The van der Waals surface area contributed by atoms with Crippen molar-refractivity contribution in [2.75, 3.05) is 19.6 Å². The van der Waals surface area contributed by atoms with Crippen LogP contribution in [0.3, 0.4) is 0 Å². The van der Waals surface area contributed by atoms with E-state index in [-0.39, 0.29) is 12.5 Å². The first-order valence-electron chi connectivity index (χ1n) is 10.3. The van der Waals surface area contributed by atoms with Crippen LogP contribution in [0.15, 0.2) is 0 Å². The molecule has 2 rings (SSSR count). The molecule has 11 heteroatoms. The minimum Gasteiger partial charge on any atom is -0.391 e. The number of carbonyl (C=O) groups excluding carboxylic acids is 4. The number of nitrogens with two attached hydrogens (primary N) is 2. The molecule has 0 bridgehead atoms. The molecule has 2 heterocycles. The van der Waals surface area contributed by atoms with Gasteiger partial charge >= 0.3 is 0 Å². The number of primary amides is 1. The number of carbonyl (C=O) groups is 4. The lowest BCUT2D eigenvalue weighted by Crippen LogP contribution is -2.55. The maximum Gasteiger partial charge on any atom is 0.245 e. The highest BCUT2D eigenvalue weighted by Crippen LogP contribution is 2.24. The molecule has 0 unspecified atom stereocenters. The zero-order valence-electron chi connectivity index (χ0n) is 17.7. The van der Waals surface area contributed by atoms with Crippen LogP contribution in [0.4, 0.5) is 0 Å². The van der Waals surface area contributed by atoms with Crippen LogP contribution in [0.1, 0.15) is 33.1 Å². The number of aliphatic hydroxyl groups is 2. The molecule has 7 N–H and O–H groups in total.